The average molecular weight is 501 g/mol. The average Bonchev–Trinajstić information content (AvgIpc) is 2.82. The van der Waals surface area contributed by atoms with Gasteiger partial charge in [0.25, 0.3) is 0 Å². The van der Waals surface area contributed by atoms with E-state index in [0.29, 0.717) is 30.0 Å². The second kappa shape index (κ2) is 10.4. The van der Waals surface area contributed by atoms with Gasteiger partial charge in [-0.15, -0.1) is 0 Å². The summed E-state index contributed by atoms with van der Waals surface area (Å²) in [7, 11) is 0. The molecule has 4 atom stereocenters. The summed E-state index contributed by atoms with van der Waals surface area (Å²) in [5, 5.41) is 15.0. The number of hydrogen-bond donors (Lipinski definition) is 3. The summed E-state index contributed by atoms with van der Waals surface area (Å²) in [6.45, 7) is 1.90. The normalized spacial score (nSPS) is 26.0. The fourth-order valence-corrected chi connectivity index (χ4v) is 6.08. The van der Waals surface area contributed by atoms with Crippen LogP contribution in [0.2, 0.25) is 5.02 Å². The van der Waals surface area contributed by atoms with Gasteiger partial charge < -0.3 is 15.7 Å². The Morgan fingerprint density at radius 1 is 1.14 bits per heavy atom. The van der Waals surface area contributed by atoms with Crippen molar-refractivity contribution < 1.29 is 23.9 Å². The minimum absolute atomic E-state index is 0.0798. The predicted molar refractivity (Wildman–Crippen MR) is 133 cm³/mol. The monoisotopic (exact) mass is 500 g/mol. The molecule has 2 amide bonds. The van der Waals surface area contributed by atoms with E-state index in [1.165, 1.54) is 6.07 Å². The number of urea groups is 1. The Morgan fingerprint density at radius 3 is 2.63 bits per heavy atom. The van der Waals surface area contributed by atoms with Gasteiger partial charge in [0.2, 0.25) is 0 Å². The van der Waals surface area contributed by atoms with Crippen LogP contribution in [0, 0.1) is 23.1 Å². The highest BCUT2D eigenvalue weighted by atomic mass is 35.5. The van der Waals surface area contributed by atoms with E-state index in [1.54, 1.807) is 30.3 Å². The Bertz CT molecular complexity index is 1140. The van der Waals surface area contributed by atoms with Crippen molar-refractivity contribution >= 4 is 40.8 Å². The summed E-state index contributed by atoms with van der Waals surface area (Å²) < 4.78 is 14.9. The first kappa shape index (κ1) is 25.2. The van der Waals surface area contributed by atoms with Crippen LogP contribution in [0.1, 0.15) is 63.4 Å². The molecule has 0 bridgehead atoms. The largest absolute Gasteiger partial charge is 0.481 e. The lowest BCUT2D eigenvalue weighted by Crippen LogP contribution is -2.46. The van der Waals surface area contributed by atoms with Gasteiger partial charge in [0.1, 0.15) is 11.6 Å². The molecule has 2 aliphatic carbocycles. The van der Waals surface area contributed by atoms with Crippen molar-refractivity contribution in [1.82, 2.24) is 0 Å². The number of Topliss-reactive ketones (excluding diaryl/α,β-unsaturated/α-hetero) is 1. The number of carboxylic acids is 1. The number of aliphatic carboxylic acids is 1. The third kappa shape index (κ3) is 5.50. The standard InChI is InChI=1S/C27H30ClFN2O4/c1-2-27(15-24(32)33)11-10-18-12-16(6-8-21(18)25(27)34)17-7-9-23(22(29)13-17)31-26(35)30-20-5-3-4-19(28)14-20/h3-5,7,9,13-14,16,18,21H,2,6,8,10-12,15H2,1H3,(H,32,33)(H2,30,31,35). The van der Waals surface area contributed by atoms with Gasteiger partial charge >= 0.3 is 12.0 Å². The van der Waals surface area contributed by atoms with Gasteiger partial charge in [-0.1, -0.05) is 30.7 Å². The van der Waals surface area contributed by atoms with Crippen LogP contribution >= 0.6 is 11.6 Å². The van der Waals surface area contributed by atoms with Crippen molar-refractivity contribution in [2.24, 2.45) is 17.3 Å². The zero-order chi connectivity index (χ0) is 25.2. The molecule has 0 heterocycles. The maximum absolute atomic E-state index is 14.9. The number of ketones is 1. The van der Waals surface area contributed by atoms with E-state index in [4.69, 9.17) is 11.6 Å². The summed E-state index contributed by atoms with van der Waals surface area (Å²) in [4.78, 5) is 36.9. The van der Waals surface area contributed by atoms with Gasteiger partial charge in [-0.05, 0) is 86.3 Å². The van der Waals surface area contributed by atoms with E-state index < -0.39 is 23.2 Å². The molecule has 6 nitrogen and oxygen atoms in total. The third-order valence-corrected chi connectivity index (χ3v) is 8.03. The van der Waals surface area contributed by atoms with Crippen molar-refractivity contribution in [3.8, 4) is 0 Å². The van der Waals surface area contributed by atoms with Crippen LogP contribution in [0.15, 0.2) is 42.5 Å². The van der Waals surface area contributed by atoms with Gasteiger partial charge in [-0.2, -0.15) is 0 Å². The molecule has 2 aromatic carbocycles. The number of rotatable bonds is 6. The number of hydrogen-bond acceptors (Lipinski definition) is 3. The second-order valence-corrected chi connectivity index (χ2v) is 10.2. The fourth-order valence-electron chi connectivity index (χ4n) is 5.89. The molecule has 8 heteroatoms. The first-order chi connectivity index (χ1) is 16.7. The molecule has 35 heavy (non-hydrogen) atoms. The van der Waals surface area contributed by atoms with Gasteiger partial charge in [-0.3, -0.25) is 9.59 Å². The molecule has 0 radical (unpaired) electrons. The van der Waals surface area contributed by atoms with Crippen molar-refractivity contribution in [3.05, 3.63) is 58.9 Å². The second-order valence-electron chi connectivity index (χ2n) is 9.81. The van der Waals surface area contributed by atoms with Crippen LogP contribution in [0.3, 0.4) is 0 Å². The molecule has 186 valence electrons. The highest BCUT2D eigenvalue weighted by Gasteiger charge is 2.50. The summed E-state index contributed by atoms with van der Waals surface area (Å²) in [6.07, 6.45) is 4.10. The summed E-state index contributed by atoms with van der Waals surface area (Å²) in [5.41, 5.74) is 0.690. The fraction of sp³-hybridized carbons (Fsp3) is 0.444. The van der Waals surface area contributed by atoms with E-state index >= 15 is 0 Å². The molecule has 2 aromatic rings. The van der Waals surface area contributed by atoms with Crippen molar-refractivity contribution in [2.45, 2.75) is 57.8 Å². The molecule has 0 aliphatic heterocycles. The molecule has 2 fully saturated rings. The van der Waals surface area contributed by atoms with Crippen LogP contribution in [0.5, 0.6) is 0 Å². The number of anilines is 2. The van der Waals surface area contributed by atoms with Crippen LogP contribution in [0.4, 0.5) is 20.6 Å². The number of fused-ring (bicyclic) bond motifs is 1. The lowest BCUT2D eigenvalue weighted by molar-refractivity contribution is -0.151. The molecular weight excluding hydrogens is 471 g/mol. The van der Waals surface area contributed by atoms with Gasteiger partial charge in [0.15, 0.2) is 0 Å². The molecular formula is C27H30ClFN2O4. The maximum Gasteiger partial charge on any atom is 0.323 e. The number of halogens is 2. The zero-order valence-corrected chi connectivity index (χ0v) is 20.4. The quantitative estimate of drug-likeness (QED) is 0.404. The molecule has 2 saturated carbocycles. The molecule has 3 N–H and O–H groups in total. The van der Waals surface area contributed by atoms with E-state index in [1.807, 2.05) is 13.0 Å². The Morgan fingerprint density at radius 2 is 1.94 bits per heavy atom. The summed E-state index contributed by atoms with van der Waals surface area (Å²) in [5.74, 6) is -1.12. The van der Waals surface area contributed by atoms with Crippen LogP contribution in [-0.4, -0.2) is 22.9 Å². The Balaban J connectivity index is 1.40. The van der Waals surface area contributed by atoms with Crippen LogP contribution in [0.25, 0.3) is 0 Å². The number of nitrogens with one attached hydrogen (secondary N) is 2. The van der Waals surface area contributed by atoms with Gasteiger partial charge in [-0.25, -0.2) is 9.18 Å². The Hall–Kier alpha value is -2.93. The zero-order valence-electron chi connectivity index (χ0n) is 19.7. The topological polar surface area (TPSA) is 95.5 Å². The van der Waals surface area contributed by atoms with Crippen LogP contribution in [-0.2, 0) is 9.59 Å². The van der Waals surface area contributed by atoms with E-state index in [2.05, 4.69) is 10.6 Å². The van der Waals surface area contributed by atoms with Gasteiger partial charge in [0, 0.05) is 22.0 Å². The molecule has 0 aromatic heterocycles. The molecule has 0 saturated heterocycles. The number of carboxylic acid groups (broad SMARTS) is 1. The smallest absolute Gasteiger partial charge is 0.323 e. The maximum atomic E-state index is 14.9. The minimum atomic E-state index is -0.919. The van der Waals surface area contributed by atoms with Crippen LogP contribution < -0.4 is 10.6 Å². The van der Waals surface area contributed by atoms with Crippen molar-refractivity contribution in [2.75, 3.05) is 10.6 Å². The number of carbonyl (C=O) groups is 3. The molecule has 2 aliphatic rings. The highest BCUT2D eigenvalue weighted by Crippen LogP contribution is 2.51. The summed E-state index contributed by atoms with van der Waals surface area (Å²) >= 11 is 5.92. The number of carbonyl (C=O) groups excluding carboxylic acids is 2. The lowest BCUT2D eigenvalue weighted by atomic mass is 9.56. The van der Waals surface area contributed by atoms with Crippen molar-refractivity contribution in [3.63, 3.8) is 0 Å². The van der Waals surface area contributed by atoms with Crippen molar-refractivity contribution in [1.29, 1.82) is 0 Å². The Labute approximate surface area is 209 Å². The number of amides is 2. The summed E-state index contributed by atoms with van der Waals surface area (Å²) in [6, 6.07) is 11.0. The van der Waals surface area contributed by atoms with E-state index in [-0.39, 0.29) is 35.6 Å². The predicted octanol–water partition coefficient (Wildman–Crippen LogP) is 6.86. The first-order valence-corrected chi connectivity index (χ1v) is 12.5. The Kier molecular flexibility index (Phi) is 7.45. The molecule has 0 spiro atoms. The molecule has 4 unspecified atom stereocenters. The number of benzene rings is 2. The third-order valence-electron chi connectivity index (χ3n) is 7.80. The van der Waals surface area contributed by atoms with E-state index in [9.17, 15) is 23.9 Å². The van der Waals surface area contributed by atoms with Gasteiger partial charge in [0.05, 0.1) is 12.1 Å². The SMILES string of the molecule is CCC1(CC(=O)O)CCC2CC(c3ccc(NC(=O)Nc4cccc(Cl)c4)c(F)c3)CCC2C1=O. The minimum Gasteiger partial charge on any atom is -0.481 e. The molecule has 4 rings (SSSR count). The van der Waals surface area contributed by atoms with E-state index in [0.717, 1.165) is 24.8 Å². The highest BCUT2D eigenvalue weighted by molar-refractivity contribution is 6.30. The first-order valence-electron chi connectivity index (χ1n) is 12.1. The lowest BCUT2D eigenvalue weighted by Gasteiger charge is -2.46.